The molecule has 0 atom stereocenters. The molecule has 0 unspecified atom stereocenters. The van der Waals surface area contributed by atoms with E-state index in [4.69, 9.17) is 10.7 Å². The van der Waals surface area contributed by atoms with E-state index in [1.807, 2.05) is 0 Å². The predicted molar refractivity (Wildman–Crippen MR) is 101 cm³/mol. The highest BCUT2D eigenvalue weighted by Gasteiger charge is 2.34. The maximum atomic E-state index is 6.53. The maximum Gasteiger partial charge on any atom is 0.0605 e. The molecule has 0 aliphatic carbocycles. The highest BCUT2D eigenvalue weighted by Crippen LogP contribution is 2.61. The summed E-state index contributed by atoms with van der Waals surface area (Å²) in [6.07, 6.45) is 2.92. The molecule has 0 saturated heterocycles. The van der Waals surface area contributed by atoms with Crippen LogP contribution in [0.15, 0.2) is 18.2 Å². The van der Waals surface area contributed by atoms with E-state index in [2.05, 4.69) is 73.6 Å². The Hall–Kier alpha value is -0.460. The molecule has 0 bridgehead atoms. The van der Waals surface area contributed by atoms with Gasteiger partial charge >= 0.3 is 0 Å². The molecule has 0 saturated carbocycles. The van der Waals surface area contributed by atoms with Crippen molar-refractivity contribution < 1.29 is 0 Å². The molecule has 0 amide bonds. The summed E-state index contributed by atoms with van der Waals surface area (Å²) in [5.41, 5.74) is 8.49. The maximum absolute atomic E-state index is 6.53. The summed E-state index contributed by atoms with van der Waals surface area (Å²) in [6, 6.07) is 6.39. The van der Waals surface area contributed by atoms with Gasteiger partial charge in [-0.15, -0.1) is 0 Å². The molecule has 0 fully saturated rings. The minimum Gasteiger partial charge on any atom is -0.320 e. The van der Waals surface area contributed by atoms with Crippen LogP contribution in [0.1, 0.15) is 79.6 Å². The summed E-state index contributed by atoms with van der Waals surface area (Å²) in [4.78, 5) is 4.94. The average Bonchev–Trinajstić information content (AvgIpc) is 2.42. The molecule has 0 aromatic carbocycles. The van der Waals surface area contributed by atoms with Crippen LogP contribution >= 0.6 is 7.92 Å². The Balaban J connectivity index is 3.13. The van der Waals surface area contributed by atoms with Crippen LogP contribution < -0.4 is 5.73 Å². The van der Waals surface area contributed by atoms with Gasteiger partial charge in [-0.25, -0.2) is 0 Å². The van der Waals surface area contributed by atoms with Gasteiger partial charge in [-0.1, -0.05) is 69.4 Å². The summed E-state index contributed by atoms with van der Waals surface area (Å²) in [7, 11) is -0.179. The van der Waals surface area contributed by atoms with Crippen molar-refractivity contribution in [2.45, 2.75) is 90.2 Å². The zero-order valence-corrected chi connectivity index (χ0v) is 16.7. The summed E-state index contributed by atoms with van der Waals surface area (Å²) >= 11 is 0. The van der Waals surface area contributed by atoms with E-state index in [1.54, 1.807) is 0 Å². The number of nitrogens with two attached hydrogens (primary N) is 1. The Morgan fingerprint density at radius 3 is 1.86 bits per heavy atom. The molecule has 0 aliphatic rings. The van der Waals surface area contributed by atoms with Crippen molar-refractivity contribution in [3.05, 3.63) is 29.6 Å². The SMILES string of the molecule is CCC(N)(CC)c1cccc(CP(C(C)(C)C)C(C)(C)C)n1. The highest BCUT2D eigenvalue weighted by molar-refractivity contribution is 7.60. The molecule has 0 radical (unpaired) electrons. The summed E-state index contributed by atoms with van der Waals surface area (Å²) < 4.78 is 0. The second-order valence-corrected chi connectivity index (χ2v) is 12.2. The zero-order valence-electron chi connectivity index (χ0n) is 15.8. The fourth-order valence-electron chi connectivity index (χ4n) is 3.10. The summed E-state index contributed by atoms with van der Waals surface area (Å²) in [6.45, 7) is 18.5. The third-order valence-corrected chi connectivity index (χ3v) is 8.40. The van der Waals surface area contributed by atoms with Crippen LogP contribution in [0.4, 0.5) is 0 Å². The minimum absolute atomic E-state index is 0.179. The molecule has 1 rings (SSSR count). The van der Waals surface area contributed by atoms with Crippen LogP contribution in [0.3, 0.4) is 0 Å². The lowest BCUT2D eigenvalue weighted by atomic mass is 9.90. The topological polar surface area (TPSA) is 38.9 Å². The Kier molecular flexibility index (Phi) is 6.21. The van der Waals surface area contributed by atoms with E-state index in [0.717, 1.165) is 24.7 Å². The Morgan fingerprint density at radius 2 is 1.45 bits per heavy atom. The first-order valence-electron chi connectivity index (χ1n) is 8.47. The van der Waals surface area contributed by atoms with E-state index in [1.165, 1.54) is 5.69 Å². The third-order valence-electron chi connectivity index (χ3n) is 4.52. The van der Waals surface area contributed by atoms with Gasteiger partial charge in [0.05, 0.1) is 11.2 Å². The van der Waals surface area contributed by atoms with Gasteiger partial charge in [0.15, 0.2) is 0 Å². The fraction of sp³-hybridized carbons (Fsp3) is 0.737. The molecule has 22 heavy (non-hydrogen) atoms. The average molecular weight is 322 g/mol. The van der Waals surface area contributed by atoms with Crippen molar-refractivity contribution in [2.24, 2.45) is 5.73 Å². The largest absolute Gasteiger partial charge is 0.320 e. The van der Waals surface area contributed by atoms with E-state index in [9.17, 15) is 0 Å². The molecule has 0 aliphatic heterocycles. The number of hydrogen-bond donors (Lipinski definition) is 1. The second-order valence-electron chi connectivity index (χ2n) is 8.31. The normalized spacial score (nSPS) is 13.7. The molecular weight excluding hydrogens is 287 g/mol. The van der Waals surface area contributed by atoms with Crippen LogP contribution in [0.2, 0.25) is 0 Å². The van der Waals surface area contributed by atoms with Crippen molar-refractivity contribution in [1.29, 1.82) is 0 Å². The van der Waals surface area contributed by atoms with Crippen LogP contribution in [-0.4, -0.2) is 15.3 Å². The second kappa shape index (κ2) is 6.97. The van der Waals surface area contributed by atoms with E-state index < -0.39 is 0 Å². The summed E-state index contributed by atoms with van der Waals surface area (Å²) in [5.74, 6) is 0. The van der Waals surface area contributed by atoms with E-state index in [0.29, 0.717) is 10.3 Å². The van der Waals surface area contributed by atoms with Crippen molar-refractivity contribution in [3.8, 4) is 0 Å². The number of rotatable bonds is 5. The smallest absolute Gasteiger partial charge is 0.0605 e. The number of hydrogen-bond acceptors (Lipinski definition) is 2. The lowest BCUT2D eigenvalue weighted by molar-refractivity contribution is 0.400. The summed E-state index contributed by atoms with van der Waals surface area (Å²) in [5, 5.41) is 0.640. The van der Waals surface area contributed by atoms with E-state index >= 15 is 0 Å². The Morgan fingerprint density at radius 1 is 0.955 bits per heavy atom. The van der Waals surface area contributed by atoms with Gasteiger partial charge in [-0.05, 0) is 35.3 Å². The first-order valence-corrected chi connectivity index (χ1v) is 10.00. The van der Waals surface area contributed by atoms with Crippen molar-refractivity contribution in [3.63, 3.8) is 0 Å². The zero-order chi connectivity index (χ0) is 17.2. The fourth-order valence-corrected chi connectivity index (χ4v) is 6.56. The first-order chi connectivity index (χ1) is 9.94. The molecule has 2 N–H and O–H groups in total. The van der Waals surface area contributed by atoms with Gasteiger partial charge in [0, 0.05) is 11.9 Å². The standard InChI is InChI=1S/C19H35N2P/c1-9-19(20,10-2)16-13-11-12-15(21-16)14-22(17(3,4)5)18(6,7)8/h11-13H,9-10,14,20H2,1-8H3. The Bertz CT molecular complexity index is 465. The predicted octanol–water partition coefficient (Wildman–Crippen LogP) is 5.63. The van der Waals surface area contributed by atoms with Gasteiger partial charge in [0.1, 0.15) is 0 Å². The molecule has 1 heterocycles. The number of nitrogens with zero attached hydrogens (tertiary/aromatic N) is 1. The molecule has 126 valence electrons. The lowest BCUT2D eigenvalue weighted by Crippen LogP contribution is -2.36. The van der Waals surface area contributed by atoms with E-state index in [-0.39, 0.29) is 13.5 Å². The van der Waals surface area contributed by atoms with Gasteiger partial charge in [0.2, 0.25) is 0 Å². The molecule has 3 heteroatoms. The number of aromatic nitrogens is 1. The lowest BCUT2D eigenvalue weighted by Gasteiger charge is -2.41. The molecule has 1 aromatic heterocycles. The van der Waals surface area contributed by atoms with Crippen LogP contribution in [0.5, 0.6) is 0 Å². The van der Waals surface area contributed by atoms with Gasteiger partial charge < -0.3 is 5.73 Å². The van der Waals surface area contributed by atoms with Crippen LogP contribution in [0.25, 0.3) is 0 Å². The molecular formula is C19H35N2P. The third kappa shape index (κ3) is 4.77. The van der Waals surface area contributed by atoms with Crippen LogP contribution in [-0.2, 0) is 11.7 Å². The quantitative estimate of drug-likeness (QED) is 0.713. The number of pyridine rings is 1. The van der Waals surface area contributed by atoms with Crippen LogP contribution in [0, 0.1) is 0 Å². The minimum atomic E-state index is -0.289. The Labute approximate surface area is 139 Å². The van der Waals surface area contributed by atoms with Crippen molar-refractivity contribution >= 4 is 7.92 Å². The van der Waals surface area contributed by atoms with Crippen molar-refractivity contribution in [2.75, 3.05) is 0 Å². The molecule has 1 aromatic rings. The molecule has 0 spiro atoms. The van der Waals surface area contributed by atoms with Gasteiger partial charge in [-0.2, -0.15) is 0 Å². The first kappa shape index (κ1) is 19.6. The molecule has 2 nitrogen and oxygen atoms in total. The monoisotopic (exact) mass is 322 g/mol. The van der Waals surface area contributed by atoms with Gasteiger partial charge in [0.25, 0.3) is 0 Å². The highest BCUT2D eigenvalue weighted by atomic mass is 31.1. The van der Waals surface area contributed by atoms with Crippen molar-refractivity contribution in [1.82, 2.24) is 4.98 Å². The van der Waals surface area contributed by atoms with Gasteiger partial charge in [-0.3, -0.25) is 4.98 Å².